The summed E-state index contributed by atoms with van der Waals surface area (Å²) in [5, 5.41) is 42.0. The Morgan fingerprint density at radius 3 is 2.26 bits per heavy atom. The smallest absolute Gasteiger partial charge is 0.327 e. The van der Waals surface area contributed by atoms with Gasteiger partial charge in [-0.15, -0.1) is 5.10 Å². The number of anilines is 3. The van der Waals surface area contributed by atoms with Gasteiger partial charge in [0.15, 0.2) is 11.2 Å². The second-order valence-electron chi connectivity index (χ2n) is 18.9. The van der Waals surface area contributed by atoms with Crippen molar-refractivity contribution in [3.05, 3.63) is 106 Å². The number of aryl methyl sites for hydroxylation is 1. The minimum Gasteiger partial charge on any atom is -0.480 e. The lowest BCUT2D eigenvalue weighted by Gasteiger charge is -2.28. The van der Waals surface area contributed by atoms with Crippen molar-refractivity contribution in [2.45, 2.75) is 76.5 Å². The summed E-state index contributed by atoms with van der Waals surface area (Å²) in [5.74, 6) is -5.20. The summed E-state index contributed by atoms with van der Waals surface area (Å²) in [5.41, 5.74) is 11.1. The number of aliphatic carboxylic acids is 2. The van der Waals surface area contributed by atoms with Gasteiger partial charge >= 0.3 is 11.9 Å². The summed E-state index contributed by atoms with van der Waals surface area (Å²) in [6.07, 6.45) is 2.71. The van der Waals surface area contributed by atoms with Gasteiger partial charge in [-0.1, -0.05) is 69.3 Å². The fraction of sp³-hybridized carbons (Fsp3) is 0.370. The maximum atomic E-state index is 13.8. The van der Waals surface area contributed by atoms with Crippen LogP contribution in [0.25, 0.3) is 33.7 Å². The molecule has 1 unspecified atom stereocenters. The number of nitrogens with zero attached hydrogens (tertiary/aromatic N) is 7. The van der Waals surface area contributed by atoms with Crippen molar-refractivity contribution < 1.29 is 48.6 Å². The Hall–Kier alpha value is -8.37. The molecule has 0 bridgehead atoms. The number of carbonyl (C=O) groups is 8. The fourth-order valence-corrected chi connectivity index (χ4v) is 11.3. The van der Waals surface area contributed by atoms with Crippen LogP contribution in [0, 0.1) is 5.92 Å². The number of hydrogen-bond acceptors (Lipinski definition) is 19. The highest BCUT2D eigenvalue weighted by Crippen LogP contribution is 2.41. The Morgan fingerprint density at radius 2 is 1.50 bits per heavy atom. The zero-order valence-electron chi connectivity index (χ0n) is 44.8. The number of amides is 5. The monoisotopic (exact) mass is 1180 g/mol. The molecule has 1 aliphatic heterocycles. The van der Waals surface area contributed by atoms with Crippen LogP contribution in [0.1, 0.15) is 73.0 Å². The number of aromatic amines is 1. The van der Waals surface area contributed by atoms with Gasteiger partial charge in [0.05, 0.1) is 36.4 Å². The first-order chi connectivity index (χ1) is 39.5. The molecule has 0 saturated heterocycles. The molecule has 0 aliphatic carbocycles. The molecule has 0 spiro atoms. The Bertz CT molecular complexity index is 3360. The number of fused-ring (bicyclic) bond motifs is 6. The lowest BCUT2D eigenvalue weighted by atomic mass is 9.93. The molecule has 1 aliphatic rings. The Balaban J connectivity index is 0.796. The molecule has 4 heterocycles. The van der Waals surface area contributed by atoms with Gasteiger partial charge in [0, 0.05) is 97.8 Å². The molecule has 432 valence electrons. The number of benzene rings is 3. The van der Waals surface area contributed by atoms with Gasteiger partial charge in [0.25, 0.3) is 11.5 Å². The van der Waals surface area contributed by atoms with Crippen LogP contribution in [0.5, 0.6) is 0 Å². The molecule has 10 N–H and O–H groups in total. The number of nitrogens with two attached hydrogens (primary N) is 1. The molecule has 7 rings (SSSR count). The number of thioether (sulfide) groups is 1. The number of nitrogens with one attached hydrogen (secondary N) is 6. The minimum absolute atomic E-state index is 0.000898. The van der Waals surface area contributed by atoms with Crippen LogP contribution in [-0.2, 0) is 53.7 Å². The van der Waals surface area contributed by atoms with E-state index in [1.54, 1.807) is 28.0 Å². The highest BCUT2D eigenvalue weighted by molar-refractivity contribution is 8.76. The van der Waals surface area contributed by atoms with Gasteiger partial charge in [-0.2, -0.15) is 16.7 Å². The molecule has 0 radical (unpaired) electrons. The van der Waals surface area contributed by atoms with Crippen LogP contribution in [0.4, 0.5) is 17.3 Å². The molecule has 3 atom stereocenters. The number of aromatic nitrogens is 7. The van der Waals surface area contributed by atoms with E-state index >= 15 is 0 Å². The van der Waals surface area contributed by atoms with Gasteiger partial charge in [-0.3, -0.25) is 38.5 Å². The normalized spacial score (nSPS) is 12.7. The molecule has 0 saturated carbocycles. The molecule has 3 aromatic heterocycles. The van der Waals surface area contributed by atoms with E-state index in [1.165, 1.54) is 51.7 Å². The predicted molar refractivity (Wildman–Crippen MR) is 312 cm³/mol. The average molecular weight is 1180 g/mol. The van der Waals surface area contributed by atoms with Crippen molar-refractivity contribution >= 4 is 109 Å². The number of Topliss-reactive ketones (excluding diaryl/α,β-unsaturated/α-hetero) is 1. The zero-order chi connectivity index (χ0) is 58.7. The maximum absolute atomic E-state index is 13.8. The number of nitrogen functional groups attached to an aromatic ring is 1. The number of ketones is 1. The van der Waals surface area contributed by atoms with Crippen molar-refractivity contribution in [1.82, 2.24) is 56.2 Å². The van der Waals surface area contributed by atoms with E-state index < -0.39 is 53.1 Å². The number of rotatable bonds is 30. The quantitative estimate of drug-likeness (QED) is 0.0228. The molecule has 0 fully saturated rings. The van der Waals surface area contributed by atoms with Crippen LogP contribution in [0.2, 0.25) is 0 Å². The van der Waals surface area contributed by atoms with E-state index in [4.69, 9.17) is 5.73 Å². The van der Waals surface area contributed by atoms with E-state index in [1.807, 2.05) is 55.6 Å². The number of para-hydroxylation sites is 1. The second kappa shape index (κ2) is 29.9. The van der Waals surface area contributed by atoms with Gasteiger partial charge in [0.2, 0.25) is 29.6 Å². The van der Waals surface area contributed by atoms with E-state index in [0.29, 0.717) is 41.7 Å². The van der Waals surface area contributed by atoms with Crippen molar-refractivity contribution in [3.63, 3.8) is 0 Å². The fourth-order valence-electron chi connectivity index (χ4n) is 8.84. The van der Waals surface area contributed by atoms with Gasteiger partial charge in [-0.05, 0) is 61.4 Å². The molecule has 28 heteroatoms. The molecule has 6 aromatic rings. The average Bonchev–Trinajstić information content (AvgIpc) is 3.82. The third-order valence-corrected chi connectivity index (χ3v) is 16.1. The third-order valence-electron chi connectivity index (χ3n) is 13.0. The van der Waals surface area contributed by atoms with Crippen LogP contribution >= 0.6 is 33.3 Å². The summed E-state index contributed by atoms with van der Waals surface area (Å²) in [6, 6.07) is 18.7. The number of hydrogen-bond donors (Lipinski definition) is 9. The number of carboxylic acid groups (broad SMARTS) is 2. The highest BCUT2D eigenvalue weighted by atomic mass is 33.1. The molecule has 5 amide bonds. The van der Waals surface area contributed by atoms with Crippen molar-refractivity contribution in [2.75, 3.05) is 52.6 Å². The molecule has 3 aromatic carbocycles. The lowest BCUT2D eigenvalue weighted by Crippen LogP contribution is -2.45. The largest absolute Gasteiger partial charge is 0.480 e. The van der Waals surface area contributed by atoms with E-state index in [0.717, 1.165) is 28.1 Å². The minimum atomic E-state index is -1.46. The molecule has 82 heavy (non-hydrogen) atoms. The van der Waals surface area contributed by atoms with Crippen LogP contribution in [0.3, 0.4) is 0 Å². The Morgan fingerprint density at radius 1 is 0.793 bits per heavy atom. The van der Waals surface area contributed by atoms with Crippen molar-refractivity contribution in [2.24, 2.45) is 13.0 Å². The molecular formula is C54H62N14O11S3. The van der Waals surface area contributed by atoms with Gasteiger partial charge < -0.3 is 47.4 Å². The van der Waals surface area contributed by atoms with Gasteiger partial charge in [0.1, 0.15) is 23.6 Å². The lowest BCUT2D eigenvalue weighted by molar-refractivity contribution is -0.142. The Labute approximate surface area is 482 Å². The van der Waals surface area contributed by atoms with Crippen molar-refractivity contribution in [1.29, 1.82) is 0 Å². The first kappa shape index (κ1) is 61.3. The van der Waals surface area contributed by atoms with Gasteiger partial charge in [-0.25, -0.2) is 24.2 Å². The van der Waals surface area contributed by atoms with Crippen LogP contribution in [-0.4, -0.2) is 141 Å². The van der Waals surface area contributed by atoms with E-state index in [-0.39, 0.29) is 111 Å². The van der Waals surface area contributed by atoms with Crippen LogP contribution < -0.4 is 42.8 Å². The third kappa shape index (κ3) is 17.1. The summed E-state index contributed by atoms with van der Waals surface area (Å²) in [4.78, 5) is 132. The molecule has 25 nitrogen and oxygen atoms in total. The van der Waals surface area contributed by atoms with Crippen LogP contribution in [0.15, 0.2) is 83.8 Å². The van der Waals surface area contributed by atoms with Crippen molar-refractivity contribution in [3.8, 4) is 22.5 Å². The highest BCUT2D eigenvalue weighted by Gasteiger charge is 2.30. The summed E-state index contributed by atoms with van der Waals surface area (Å²) >= 11 is 1.21. The summed E-state index contributed by atoms with van der Waals surface area (Å²) < 4.78 is 1.70. The summed E-state index contributed by atoms with van der Waals surface area (Å²) in [7, 11) is 4.75. The first-order valence-corrected chi connectivity index (χ1v) is 30.0. The topological polar surface area (TPSA) is 369 Å². The zero-order valence-corrected chi connectivity index (χ0v) is 47.3. The maximum Gasteiger partial charge on any atom is 0.327 e. The van der Waals surface area contributed by atoms with E-state index in [9.17, 15) is 53.4 Å². The Kier molecular flexibility index (Phi) is 22.3. The van der Waals surface area contributed by atoms with E-state index in [2.05, 4.69) is 56.8 Å². The second-order valence-corrected chi connectivity index (χ2v) is 22.5. The number of carboxylic acids is 2. The SMILES string of the molecule is CSC[C@H](NC(=O)C(CCCNC(=O)CCSSCCNC(=O)CCC(=O)N1Cc2ccccc2-c2nnn(C)c2-c2ccccc21)CC(=O)CC[C@H](NC(=O)c1ccc(NCc2cnc3nc(N)[nH]c(=O)c3n2)cc1)C(=O)O)C(=O)O. The first-order valence-electron chi connectivity index (χ1n) is 26.1. The summed E-state index contributed by atoms with van der Waals surface area (Å²) in [6.45, 7) is 0.981. The number of carbonyl (C=O) groups excluding carboxylic acids is 6. The predicted octanol–water partition coefficient (Wildman–Crippen LogP) is 3.95. The standard InChI is InChI=1S/C54H62N14O11S3/c1-67-47-38-11-5-6-12-41(38)68(29-33-8-3-4-10-37(33)45(47)65-66-67)44(72)20-19-42(70)57-23-25-82-81-24-21-43(71)56-22-7-9-32(50(74)62-40(30-80-2)53(78)79)26-36(69)17-18-39(52(76)77)61-49(73)31-13-15-34(16-14-31)58-27-35-28-59-48-46(60-35)51(75)64-54(55)63-48/h3-6,8,10-16,28,32,39-40,58H,7,9,17-27,29-30H2,1-2H3,(H,56,71)(H,57,70)(H,61,73)(H,62,74)(H,76,77)(H,78,79)(H3,55,59,63,64,75)/t32?,39-,40-/m0/s1. The molecular weight excluding hydrogens is 1120 g/mol. The number of H-pyrrole nitrogens is 1.